The van der Waals surface area contributed by atoms with Crippen molar-refractivity contribution in [3.8, 4) is 0 Å². The maximum Gasteiger partial charge on any atom is 0.0564 e. The molecule has 16 heavy (non-hydrogen) atoms. The second-order valence-electron chi connectivity index (χ2n) is 4.45. The Hall–Kier alpha value is -0.420. The van der Waals surface area contributed by atoms with E-state index in [-0.39, 0.29) is 0 Å². The van der Waals surface area contributed by atoms with Gasteiger partial charge in [-0.1, -0.05) is 6.07 Å². The summed E-state index contributed by atoms with van der Waals surface area (Å²) in [5, 5.41) is 11.3. The molecule has 2 heterocycles. The van der Waals surface area contributed by atoms with E-state index in [1.54, 1.807) is 11.3 Å². The normalized spacial score (nSPS) is 24.5. The van der Waals surface area contributed by atoms with E-state index in [9.17, 15) is 5.11 Å². The number of nitrogens with two attached hydrogens (primary N) is 1. The summed E-state index contributed by atoms with van der Waals surface area (Å²) in [7, 11) is 0. The number of thiophene rings is 1. The molecular formula is C12H20N2OS. The zero-order valence-electron chi connectivity index (χ0n) is 9.51. The standard InChI is InChI=1S/C12H20N2OS/c13-7-11(12-4-2-6-16-12)14-5-1-3-10(8-14)9-15/h2,4,6,10-11,15H,1,3,5,7-9,13H2. The molecule has 0 radical (unpaired) electrons. The van der Waals surface area contributed by atoms with Crippen LogP contribution in [0.25, 0.3) is 0 Å². The molecule has 1 aliphatic rings. The first-order valence-electron chi connectivity index (χ1n) is 5.93. The van der Waals surface area contributed by atoms with Crippen molar-refractivity contribution in [3.05, 3.63) is 22.4 Å². The fraction of sp³-hybridized carbons (Fsp3) is 0.667. The quantitative estimate of drug-likeness (QED) is 0.837. The first-order valence-corrected chi connectivity index (χ1v) is 6.81. The van der Waals surface area contributed by atoms with Crippen LogP contribution in [-0.4, -0.2) is 36.2 Å². The van der Waals surface area contributed by atoms with Gasteiger partial charge in [0.15, 0.2) is 0 Å². The molecule has 0 amide bonds. The smallest absolute Gasteiger partial charge is 0.0564 e. The average molecular weight is 240 g/mol. The highest BCUT2D eigenvalue weighted by molar-refractivity contribution is 7.10. The minimum absolute atomic E-state index is 0.304. The fourth-order valence-corrected chi connectivity index (χ4v) is 3.33. The number of aliphatic hydroxyl groups is 1. The number of rotatable bonds is 4. The lowest BCUT2D eigenvalue weighted by Crippen LogP contribution is -2.41. The lowest BCUT2D eigenvalue weighted by Gasteiger charge is -2.36. The van der Waals surface area contributed by atoms with Crippen LogP contribution in [0.1, 0.15) is 23.8 Å². The van der Waals surface area contributed by atoms with E-state index >= 15 is 0 Å². The van der Waals surface area contributed by atoms with Crippen molar-refractivity contribution in [2.75, 3.05) is 26.2 Å². The zero-order valence-corrected chi connectivity index (χ0v) is 10.3. The van der Waals surface area contributed by atoms with E-state index in [1.165, 1.54) is 11.3 Å². The SMILES string of the molecule is NCC(c1cccs1)N1CCCC(CO)C1. The Morgan fingerprint density at radius 3 is 3.12 bits per heavy atom. The third-order valence-corrected chi connectivity index (χ3v) is 4.32. The minimum atomic E-state index is 0.304. The van der Waals surface area contributed by atoms with Crippen molar-refractivity contribution in [3.63, 3.8) is 0 Å². The van der Waals surface area contributed by atoms with Gasteiger partial charge in [0.25, 0.3) is 0 Å². The van der Waals surface area contributed by atoms with E-state index < -0.39 is 0 Å². The van der Waals surface area contributed by atoms with Crippen molar-refractivity contribution in [2.24, 2.45) is 11.7 Å². The average Bonchev–Trinajstić information content (AvgIpc) is 2.84. The van der Waals surface area contributed by atoms with Crippen LogP contribution >= 0.6 is 11.3 Å². The minimum Gasteiger partial charge on any atom is -0.396 e. The van der Waals surface area contributed by atoms with Crippen molar-refractivity contribution in [1.29, 1.82) is 0 Å². The molecule has 2 unspecified atom stereocenters. The number of nitrogens with zero attached hydrogens (tertiary/aromatic N) is 1. The van der Waals surface area contributed by atoms with E-state index in [0.717, 1.165) is 19.5 Å². The third-order valence-electron chi connectivity index (χ3n) is 3.34. The second kappa shape index (κ2) is 5.77. The van der Waals surface area contributed by atoms with Crippen LogP contribution in [0.2, 0.25) is 0 Å². The van der Waals surface area contributed by atoms with Gasteiger partial charge in [0.05, 0.1) is 6.04 Å². The van der Waals surface area contributed by atoms with Crippen LogP contribution in [0.4, 0.5) is 0 Å². The molecule has 1 aromatic rings. The van der Waals surface area contributed by atoms with Gasteiger partial charge in [-0.25, -0.2) is 0 Å². The van der Waals surface area contributed by atoms with Crippen molar-refractivity contribution in [1.82, 2.24) is 4.90 Å². The molecular weight excluding hydrogens is 220 g/mol. The predicted molar refractivity (Wildman–Crippen MR) is 67.5 cm³/mol. The molecule has 1 aromatic heterocycles. The molecule has 2 rings (SSSR count). The van der Waals surface area contributed by atoms with Crippen LogP contribution in [0, 0.1) is 5.92 Å². The third kappa shape index (κ3) is 2.63. The summed E-state index contributed by atoms with van der Waals surface area (Å²) in [6.45, 7) is 3.06. The Morgan fingerprint density at radius 1 is 1.62 bits per heavy atom. The maximum absolute atomic E-state index is 9.24. The van der Waals surface area contributed by atoms with Gasteiger partial charge >= 0.3 is 0 Å². The van der Waals surface area contributed by atoms with Gasteiger partial charge in [-0.2, -0.15) is 0 Å². The zero-order chi connectivity index (χ0) is 11.4. The lowest BCUT2D eigenvalue weighted by molar-refractivity contribution is 0.0912. The number of likely N-dealkylation sites (tertiary alicyclic amines) is 1. The van der Waals surface area contributed by atoms with Gasteiger partial charge < -0.3 is 10.8 Å². The summed E-state index contributed by atoms with van der Waals surface area (Å²) in [5.41, 5.74) is 5.88. The molecule has 3 nitrogen and oxygen atoms in total. The van der Waals surface area contributed by atoms with Crippen LogP contribution in [0.3, 0.4) is 0 Å². The molecule has 0 bridgehead atoms. The van der Waals surface area contributed by atoms with Crippen molar-refractivity contribution < 1.29 is 5.11 Å². The molecule has 1 saturated heterocycles. The van der Waals surface area contributed by atoms with E-state index in [4.69, 9.17) is 5.73 Å². The van der Waals surface area contributed by atoms with Crippen molar-refractivity contribution >= 4 is 11.3 Å². The Kier molecular flexibility index (Phi) is 4.35. The molecule has 3 N–H and O–H groups in total. The number of aliphatic hydroxyl groups excluding tert-OH is 1. The van der Waals surface area contributed by atoms with E-state index in [2.05, 4.69) is 22.4 Å². The summed E-state index contributed by atoms with van der Waals surface area (Å²) in [6, 6.07) is 4.58. The Bertz CT molecular complexity index is 302. The van der Waals surface area contributed by atoms with Crippen LogP contribution in [-0.2, 0) is 0 Å². The first kappa shape index (κ1) is 12.0. The van der Waals surface area contributed by atoms with Gasteiger partial charge in [-0.3, -0.25) is 4.90 Å². The molecule has 0 aliphatic carbocycles. The van der Waals surface area contributed by atoms with Gasteiger partial charge in [0.2, 0.25) is 0 Å². The number of piperidine rings is 1. The molecule has 4 heteroatoms. The predicted octanol–water partition coefficient (Wildman–Crippen LogP) is 1.45. The van der Waals surface area contributed by atoms with Crippen LogP contribution < -0.4 is 5.73 Å². The Balaban J connectivity index is 2.03. The van der Waals surface area contributed by atoms with Crippen LogP contribution in [0.15, 0.2) is 17.5 Å². The molecule has 0 saturated carbocycles. The van der Waals surface area contributed by atoms with Gasteiger partial charge in [0.1, 0.15) is 0 Å². The highest BCUT2D eigenvalue weighted by atomic mass is 32.1. The van der Waals surface area contributed by atoms with Crippen LogP contribution in [0.5, 0.6) is 0 Å². The van der Waals surface area contributed by atoms with E-state index in [1.807, 2.05) is 0 Å². The number of hydrogen-bond donors (Lipinski definition) is 2. The topological polar surface area (TPSA) is 49.5 Å². The summed E-state index contributed by atoms with van der Waals surface area (Å²) in [5.74, 6) is 0.433. The summed E-state index contributed by atoms with van der Waals surface area (Å²) in [4.78, 5) is 3.78. The molecule has 2 atom stereocenters. The largest absolute Gasteiger partial charge is 0.396 e. The second-order valence-corrected chi connectivity index (χ2v) is 5.43. The van der Waals surface area contributed by atoms with Crippen molar-refractivity contribution in [2.45, 2.75) is 18.9 Å². The first-order chi connectivity index (χ1) is 7.85. The van der Waals surface area contributed by atoms with Gasteiger partial charge in [-0.15, -0.1) is 11.3 Å². The number of hydrogen-bond acceptors (Lipinski definition) is 4. The van der Waals surface area contributed by atoms with Gasteiger partial charge in [-0.05, 0) is 36.8 Å². The molecule has 0 aromatic carbocycles. The monoisotopic (exact) mass is 240 g/mol. The Morgan fingerprint density at radius 2 is 2.50 bits per heavy atom. The fourth-order valence-electron chi connectivity index (χ4n) is 2.46. The summed E-state index contributed by atoms with van der Waals surface area (Å²) >= 11 is 1.77. The van der Waals surface area contributed by atoms with E-state index in [0.29, 0.717) is 25.1 Å². The molecule has 1 fully saturated rings. The molecule has 1 aliphatic heterocycles. The lowest BCUT2D eigenvalue weighted by atomic mass is 9.97. The molecule has 0 spiro atoms. The summed E-state index contributed by atoms with van der Waals surface area (Å²) in [6.07, 6.45) is 2.32. The maximum atomic E-state index is 9.24. The Labute approximate surface area is 101 Å². The highest BCUT2D eigenvalue weighted by Crippen LogP contribution is 2.28. The highest BCUT2D eigenvalue weighted by Gasteiger charge is 2.26. The van der Waals surface area contributed by atoms with Gasteiger partial charge in [0, 0.05) is 24.6 Å². The molecule has 90 valence electrons. The summed E-state index contributed by atoms with van der Waals surface area (Å²) < 4.78 is 0.